The molecular formula is C14H18N2O2S. The van der Waals surface area contributed by atoms with E-state index in [4.69, 9.17) is 9.47 Å². The van der Waals surface area contributed by atoms with E-state index in [1.807, 2.05) is 23.7 Å². The van der Waals surface area contributed by atoms with E-state index in [9.17, 15) is 0 Å². The van der Waals surface area contributed by atoms with Gasteiger partial charge in [0.05, 0.1) is 25.4 Å². The monoisotopic (exact) mass is 278 g/mol. The van der Waals surface area contributed by atoms with Gasteiger partial charge in [-0.25, -0.2) is 4.98 Å². The first kappa shape index (κ1) is 13.8. The largest absolute Gasteiger partial charge is 0.497 e. The lowest BCUT2D eigenvalue weighted by Gasteiger charge is -2.11. The van der Waals surface area contributed by atoms with Gasteiger partial charge in [0, 0.05) is 36.5 Å². The molecule has 0 aliphatic rings. The molecule has 0 bridgehead atoms. The Bertz CT molecular complexity index is 500. The standard InChI is InChI=1S/C14H18N2O2S/c1-17-13-4-3-11(14(7-13)18-2)8-15-6-5-12-9-19-10-16-12/h3-4,7,9-10,15H,5-6,8H2,1-2H3. The summed E-state index contributed by atoms with van der Waals surface area (Å²) in [5.41, 5.74) is 4.13. The summed E-state index contributed by atoms with van der Waals surface area (Å²) in [6, 6.07) is 5.87. The summed E-state index contributed by atoms with van der Waals surface area (Å²) in [6.07, 6.45) is 0.946. The molecule has 0 unspecified atom stereocenters. The van der Waals surface area contributed by atoms with Crippen LogP contribution < -0.4 is 14.8 Å². The summed E-state index contributed by atoms with van der Waals surface area (Å²) in [4.78, 5) is 4.25. The quantitative estimate of drug-likeness (QED) is 0.790. The SMILES string of the molecule is COc1ccc(CNCCc2cscn2)c(OC)c1. The minimum absolute atomic E-state index is 0.775. The van der Waals surface area contributed by atoms with Crippen LogP contribution in [0.5, 0.6) is 11.5 Å². The van der Waals surface area contributed by atoms with Crippen molar-refractivity contribution < 1.29 is 9.47 Å². The van der Waals surface area contributed by atoms with Gasteiger partial charge in [-0.15, -0.1) is 11.3 Å². The molecule has 2 aromatic rings. The maximum absolute atomic E-state index is 5.36. The number of benzene rings is 1. The fraction of sp³-hybridized carbons (Fsp3) is 0.357. The molecule has 0 spiro atoms. The average Bonchev–Trinajstić information content (AvgIpc) is 2.96. The summed E-state index contributed by atoms with van der Waals surface area (Å²) in [5.74, 6) is 1.66. The normalized spacial score (nSPS) is 10.4. The first-order chi connectivity index (χ1) is 9.33. The predicted octanol–water partition coefficient (Wildman–Crippen LogP) is 2.49. The van der Waals surface area contributed by atoms with Crippen molar-refractivity contribution in [2.24, 2.45) is 0 Å². The van der Waals surface area contributed by atoms with E-state index in [-0.39, 0.29) is 0 Å². The van der Waals surface area contributed by atoms with Gasteiger partial charge < -0.3 is 14.8 Å². The molecule has 0 radical (unpaired) electrons. The third-order valence-corrected chi connectivity index (χ3v) is 3.49. The second kappa shape index (κ2) is 7.11. The maximum Gasteiger partial charge on any atom is 0.127 e. The highest BCUT2D eigenvalue weighted by Gasteiger charge is 2.04. The van der Waals surface area contributed by atoms with Crippen molar-refractivity contribution in [2.45, 2.75) is 13.0 Å². The summed E-state index contributed by atoms with van der Waals surface area (Å²) in [7, 11) is 3.33. The van der Waals surface area contributed by atoms with Crippen molar-refractivity contribution >= 4 is 11.3 Å². The molecule has 0 atom stereocenters. The van der Waals surface area contributed by atoms with E-state index >= 15 is 0 Å². The highest BCUT2D eigenvalue weighted by molar-refractivity contribution is 7.07. The Morgan fingerprint density at radius 3 is 2.84 bits per heavy atom. The summed E-state index contributed by atoms with van der Waals surface area (Å²) in [5, 5.41) is 5.47. The number of hydrogen-bond acceptors (Lipinski definition) is 5. The van der Waals surface area contributed by atoms with E-state index < -0.39 is 0 Å². The van der Waals surface area contributed by atoms with Gasteiger partial charge in [-0.1, -0.05) is 6.07 Å². The van der Waals surface area contributed by atoms with Crippen LogP contribution in [0.2, 0.25) is 0 Å². The number of nitrogens with zero attached hydrogens (tertiary/aromatic N) is 1. The van der Waals surface area contributed by atoms with Crippen molar-refractivity contribution in [1.82, 2.24) is 10.3 Å². The van der Waals surface area contributed by atoms with Crippen molar-refractivity contribution in [3.63, 3.8) is 0 Å². The van der Waals surface area contributed by atoms with Crippen LogP contribution in [-0.2, 0) is 13.0 Å². The zero-order chi connectivity index (χ0) is 13.5. The smallest absolute Gasteiger partial charge is 0.127 e. The van der Waals surface area contributed by atoms with Crippen LogP contribution in [0.3, 0.4) is 0 Å². The average molecular weight is 278 g/mol. The molecule has 2 rings (SSSR count). The fourth-order valence-corrected chi connectivity index (χ4v) is 2.39. The van der Waals surface area contributed by atoms with Crippen LogP contribution in [0.25, 0.3) is 0 Å². The van der Waals surface area contributed by atoms with Crippen molar-refractivity contribution in [1.29, 1.82) is 0 Å². The number of thiazole rings is 1. The Morgan fingerprint density at radius 2 is 2.16 bits per heavy atom. The maximum atomic E-state index is 5.36. The Balaban J connectivity index is 1.85. The number of hydrogen-bond donors (Lipinski definition) is 1. The topological polar surface area (TPSA) is 43.4 Å². The molecule has 1 N–H and O–H groups in total. The van der Waals surface area contributed by atoms with Gasteiger partial charge in [0.2, 0.25) is 0 Å². The van der Waals surface area contributed by atoms with Gasteiger partial charge in [0.15, 0.2) is 0 Å². The second-order valence-electron chi connectivity index (χ2n) is 4.08. The fourth-order valence-electron chi connectivity index (χ4n) is 1.80. The predicted molar refractivity (Wildman–Crippen MR) is 77.1 cm³/mol. The molecule has 0 aliphatic heterocycles. The van der Waals surface area contributed by atoms with Crippen molar-refractivity contribution in [2.75, 3.05) is 20.8 Å². The molecule has 1 heterocycles. The van der Waals surface area contributed by atoms with Crippen LogP contribution in [-0.4, -0.2) is 25.7 Å². The molecule has 5 heteroatoms. The molecule has 0 saturated heterocycles. The number of ether oxygens (including phenoxy) is 2. The minimum Gasteiger partial charge on any atom is -0.497 e. The van der Waals surface area contributed by atoms with E-state index in [0.717, 1.165) is 42.3 Å². The molecule has 0 fully saturated rings. The third-order valence-electron chi connectivity index (χ3n) is 2.85. The molecule has 0 aliphatic carbocycles. The molecule has 4 nitrogen and oxygen atoms in total. The van der Waals surface area contributed by atoms with Crippen LogP contribution in [0.4, 0.5) is 0 Å². The lowest BCUT2D eigenvalue weighted by atomic mass is 10.2. The number of rotatable bonds is 7. The van der Waals surface area contributed by atoms with Crippen molar-refractivity contribution in [3.8, 4) is 11.5 Å². The summed E-state index contributed by atoms with van der Waals surface area (Å²) >= 11 is 1.63. The lowest BCUT2D eigenvalue weighted by molar-refractivity contribution is 0.390. The zero-order valence-corrected chi connectivity index (χ0v) is 12.0. The van der Waals surface area contributed by atoms with Gasteiger partial charge in [0.25, 0.3) is 0 Å². The van der Waals surface area contributed by atoms with E-state index in [2.05, 4.69) is 15.7 Å². The minimum atomic E-state index is 0.775. The zero-order valence-electron chi connectivity index (χ0n) is 11.2. The Morgan fingerprint density at radius 1 is 1.26 bits per heavy atom. The number of methoxy groups -OCH3 is 2. The number of nitrogens with one attached hydrogen (secondary N) is 1. The lowest BCUT2D eigenvalue weighted by Crippen LogP contribution is -2.17. The second-order valence-corrected chi connectivity index (χ2v) is 4.80. The molecular weight excluding hydrogens is 260 g/mol. The van der Waals surface area contributed by atoms with E-state index in [1.54, 1.807) is 25.6 Å². The van der Waals surface area contributed by atoms with Crippen LogP contribution in [0, 0.1) is 0 Å². The Kier molecular flexibility index (Phi) is 5.18. The summed E-state index contributed by atoms with van der Waals surface area (Å²) < 4.78 is 10.5. The molecule has 1 aromatic heterocycles. The third kappa shape index (κ3) is 3.94. The first-order valence-electron chi connectivity index (χ1n) is 6.12. The Hall–Kier alpha value is -1.59. The van der Waals surface area contributed by atoms with Gasteiger partial charge in [-0.05, 0) is 6.07 Å². The van der Waals surface area contributed by atoms with Crippen LogP contribution in [0.15, 0.2) is 29.1 Å². The van der Waals surface area contributed by atoms with Gasteiger partial charge in [0.1, 0.15) is 11.5 Å². The van der Waals surface area contributed by atoms with E-state index in [1.165, 1.54) is 0 Å². The molecule has 102 valence electrons. The van der Waals surface area contributed by atoms with Crippen LogP contribution >= 0.6 is 11.3 Å². The van der Waals surface area contributed by atoms with Gasteiger partial charge >= 0.3 is 0 Å². The molecule has 19 heavy (non-hydrogen) atoms. The molecule has 0 amide bonds. The van der Waals surface area contributed by atoms with Gasteiger partial charge in [-0.3, -0.25) is 0 Å². The first-order valence-corrected chi connectivity index (χ1v) is 7.06. The number of aromatic nitrogens is 1. The molecule has 0 saturated carbocycles. The van der Waals surface area contributed by atoms with Gasteiger partial charge in [-0.2, -0.15) is 0 Å². The van der Waals surface area contributed by atoms with E-state index in [0.29, 0.717) is 0 Å². The molecule has 1 aromatic carbocycles. The highest BCUT2D eigenvalue weighted by Crippen LogP contribution is 2.24. The van der Waals surface area contributed by atoms with Crippen molar-refractivity contribution in [3.05, 3.63) is 40.3 Å². The Labute approximate surface area is 117 Å². The highest BCUT2D eigenvalue weighted by atomic mass is 32.1. The van der Waals surface area contributed by atoms with Crippen LogP contribution in [0.1, 0.15) is 11.3 Å². The summed E-state index contributed by atoms with van der Waals surface area (Å²) in [6.45, 7) is 1.68.